The minimum Gasteiger partial charge on any atom is -0.493 e. The molecule has 2 rings (SSSR count). The highest BCUT2D eigenvalue weighted by Crippen LogP contribution is 2.29. The molecule has 1 aromatic rings. The molecule has 1 aliphatic carbocycles. The fourth-order valence-electron chi connectivity index (χ4n) is 2.50. The second kappa shape index (κ2) is 6.55. The van der Waals surface area contributed by atoms with Gasteiger partial charge in [-0.1, -0.05) is 12.1 Å². The smallest absolute Gasteiger partial charge is 0.153 e. The van der Waals surface area contributed by atoms with Gasteiger partial charge < -0.3 is 9.84 Å². The number of para-hydroxylation sites is 1. The quantitative estimate of drug-likeness (QED) is 0.815. The lowest BCUT2D eigenvalue weighted by molar-refractivity contribution is 0.111. The Kier molecular flexibility index (Phi) is 4.76. The van der Waals surface area contributed by atoms with E-state index >= 15 is 0 Å². The Balaban J connectivity index is 1.83. The maximum absolute atomic E-state index is 10.9. The molecule has 3 nitrogen and oxygen atoms in total. The molecule has 0 amide bonds. The second-order valence-corrected chi connectivity index (χ2v) is 5.04. The Hall–Kier alpha value is -1.35. The van der Waals surface area contributed by atoms with Crippen LogP contribution in [0.5, 0.6) is 5.75 Å². The first-order valence-corrected chi connectivity index (χ1v) is 6.61. The summed E-state index contributed by atoms with van der Waals surface area (Å²) >= 11 is 0. The summed E-state index contributed by atoms with van der Waals surface area (Å²) in [5.41, 5.74) is 0.613. The number of ether oxygens (including phenoxy) is 1. The number of hydrogen-bond acceptors (Lipinski definition) is 3. The number of carbonyl (C=O) groups excluding carboxylic acids is 1. The molecule has 3 heteroatoms. The third kappa shape index (κ3) is 3.33. The Morgan fingerprint density at radius 2 is 1.83 bits per heavy atom. The van der Waals surface area contributed by atoms with Gasteiger partial charge in [0, 0.05) is 6.61 Å². The number of carbonyl (C=O) groups is 1. The van der Waals surface area contributed by atoms with E-state index < -0.39 is 0 Å². The predicted molar refractivity (Wildman–Crippen MR) is 69.9 cm³/mol. The van der Waals surface area contributed by atoms with Gasteiger partial charge in [0.05, 0.1) is 12.2 Å². The van der Waals surface area contributed by atoms with Gasteiger partial charge in [0.1, 0.15) is 5.75 Å². The highest BCUT2D eigenvalue weighted by atomic mass is 16.5. The molecule has 0 unspecified atom stereocenters. The van der Waals surface area contributed by atoms with Gasteiger partial charge in [-0.2, -0.15) is 0 Å². The molecule has 98 valence electrons. The molecule has 0 aromatic heterocycles. The van der Waals surface area contributed by atoms with Gasteiger partial charge in [-0.25, -0.2) is 0 Å². The van der Waals surface area contributed by atoms with Crippen LogP contribution in [-0.2, 0) is 0 Å². The van der Waals surface area contributed by atoms with E-state index in [1.54, 1.807) is 6.07 Å². The van der Waals surface area contributed by atoms with Crippen LogP contribution in [-0.4, -0.2) is 24.6 Å². The van der Waals surface area contributed by atoms with Gasteiger partial charge in [0.15, 0.2) is 6.29 Å². The van der Waals surface area contributed by atoms with Crippen LogP contribution in [0, 0.1) is 11.8 Å². The van der Waals surface area contributed by atoms with Crippen molar-refractivity contribution in [2.75, 3.05) is 13.2 Å². The van der Waals surface area contributed by atoms with Crippen LogP contribution in [0.15, 0.2) is 24.3 Å². The molecule has 0 bridgehead atoms. The van der Waals surface area contributed by atoms with Crippen LogP contribution in [0.2, 0.25) is 0 Å². The van der Waals surface area contributed by atoms with Gasteiger partial charge in [0.2, 0.25) is 0 Å². The van der Waals surface area contributed by atoms with Crippen molar-refractivity contribution in [3.63, 3.8) is 0 Å². The number of aliphatic hydroxyl groups is 1. The molecule has 1 N–H and O–H groups in total. The lowest BCUT2D eigenvalue weighted by Gasteiger charge is -2.27. The highest BCUT2D eigenvalue weighted by Gasteiger charge is 2.21. The summed E-state index contributed by atoms with van der Waals surface area (Å²) in [4.78, 5) is 10.9. The van der Waals surface area contributed by atoms with Gasteiger partial charge in [0.25, 0.3) is 0 Å². The summed E-state index contributed by atoms with van der Waals surface area (Å²) in [7, 11) is 0. The van der Waals surface area contributed by atoms with E-state index in [-0.39, 0.29) is 0 Å². The van der Waals surface area contributed by atoms with Crippen LogP contribution in [0.4, 0.5) is 0 Å². The van der Waals surface area contributed by atoms with Crippen molar-refractivity contribution in [2.45, 2.75) is 25.7 Å². The van der Waals surface area contributed by atoms with E-state index in [2.05, 4.69) is 0 Å². The summed E-state index contributed by atoms with van der Waals surface area (Å²) < 4.78 is 5.74. The van der Waals surface area contributed by atoms with Gasteiger partial charge in [-0.05, 0) is 49.7 Å². The average Bonchev–Trinajstić information content (AvgIpc) is 2.46. The molecule has 0 atom stereocenters. The van der Waals surface area contributed by atoms with Crippen molar-refractivity contribution >= 4 is 6.29 Å². The van der Waals surface area contributed by atoms with Crippen molar-refractivity contribution in [2.24, 2.45) is 11.8 Å². The van der Waals surface area contributed by atoms with E-state index in [0.29, 0.717) is 36.4 Å². The van der Waals surface area contributed by atoms with Crippen LogP contribution in [0.3, 0.4) is 0 Å². The van der Waals surface area contributed by atoms with Gasteiger partial charge >= 0.3 is 0 Å². The molecule has 1 fully saturated rings. The van der Waals surface area contributed by atoms with Crippen LogP contribution in [0.1, 0.15) is 36.0 Å². The first-order valence-electron chi connectivity index (χ1n) is 6.61. The number of aldehydes is 1. The Bertz CT molecular complexity index is 381. The first kappa shape index (κ1) is 13.1. The lowest BCUT2D eigenvalue weighted by atomic mass is 9.83. The van der Waals surface area contributed by atoms with Gasteiger partial charge in [-0.3, -0.25) is 4.79 Å². The average molecular weight is 248 g/mol. The molecule has 0 heterocycles. The molecule has 1 aliphatic rings. The Labute approximate surface area is 108 Å². The van der Waals surface area contributed by atoms with Gasteiger partial charge in [-0.15, -0.1) is 0 Å². The molecule has 0 radical (unpaired) electrons. The maximum atomic E-state index is 10.9. The van der Waals surface area contributed by atoms with Crippen LogP contribution in [0.25, 0.3) is 0 Å². The summed E-state index contributed by atoms with van der Waals surface area (Å²) in [5.74, 6) is 1.70. The zero-order chi connectivity index (χ0) is 12.8. The molecule has 18 heavy (non-hydrogen) atoms. The number of aliphatic hydroxyl groups excluding tert-OH is 1. The minimum atomic E-state index is 0.307. The first-order chi connectivity index (χ1) is 8.83. The fraction of sp³-hybridized carbons (Fsp3) is 0.533. The normalized spacial score (nSPS) is 23.6. The summed E-state index contributed by atoms with van der Waals surface area (Å²) in [6.07, 6.45) is 5.21. The topological polar surface area (TPSA) is 46.5 Å². The molecular weight excluding hydrogens is 228 g/mol. The molecule has 1 saturated carbocycles. The maximum Gasteiger partial charge on any atom is 0.153 e. The molecular formula is C15H20O3. The van der Waals surface area contributed by atoms with Crippen molar-refractivity contribution in [1.29, 1.82) is 0 Å². The SMILES string of the molecule is O=Cc1ccccc1OCC1CCC(CO)CC1. The third-order valence-corrected chi connectivity index (χ3v) is 3.75. The molecule has 1 aromatic carbocycles. The number of benzene rings is 1. The highest BCUT2D eigenvalue weighted by molar-refractivity contribution is 5.79. The Morgan fingerprint density at radius 3 is 2.50 bits per heavy atom. The van der Waals surface area contributed by atoms with Crippen LogP contribution >= 0.6 is 0 Å². The molecule has 0 saturated heterocycles. The second-order valence-electron chi connectivity index (χ2n) is 5.04. The molecule has 0 aliphatic heterocycles. The van der Waals surface area contributed by atoms with E-state index in [0.717, 1.165) is 32.0 Å². The van der Waals surface area contributed by atoms with E-state index in [1.165, 1.54) is 0 Å². The summed E-state index contributed by atoms with van der Waals surface area (Å²) in [6.45, 7) is 0.977. The van der Waals surface area contributed by atoms with Crippen LogP contribution < -0.4 is 4.74 Å². The van der Waals surface area contributed by atoms with Crippen molar-refractivity contribution in [3.05, 3.63) is 29.8 Å². The largest absolute Gasteiger partial charge is 0.493 e. The Morgan fingerprint density at radius 1 is 1.17 bits per heavy atom. The van der Waals surface area contributed by atoms with Crippen molar-refractivity contribution in [1.82, 2.24) is 0 Å². The zero-order valence-electron chi connectivity index (χ0n) is 10.5. The standard InChI is InChI=1S/C15H20O3/c16-9-12-5-7-13(8-6-12)11-18-15-4-2-1-3-14(15)10-17/h1-4,10,12-13,16H,5-9,11H2. The van der Waals surface area contributed by atoms with Crippen molar-refractivity contribution in [3.8, 4) is 5.75 Å². The monoisotopic (exact) mass is 248 g/mol. The lowest BCUT2D eigenvalue weighted by Crippen LogP contribution is -2.21. The summed E-state index contributed by atoms with van der Waals surface area (Å²) in [5, 5.41) is 9.08. The number of hydrogen-bond donors (Lipinski definition) is 1. The van der Waals surface area contributed by atoms with E-state index in [1.807, 2.05) is 18.2 Å². The van der Waals surface area contributed by atoms with E-state index in [4.69, 9.17) is 9.84 Å². The van der Waals surface area contributed by atoms with Crippen molar-refractivity contribution < 1.29 is 14.6 Å². The fourth-order valence-corrected chi connectivity index (χ4v) is 2.50. The summed E-state index contributed by atoms with van der Waals surface area (Å²) in [6, 6.07) is 7.32. The minimum absolute atomic E-state index is 0.307. The predicted octanol–water partition coefficient (Wildman–Crippen LogP) is 2.68. The zero-order valence-corrected chi connectivity index (χ0v) is 10.5. The molecule has 0 spiro atoms. The van der Waals surface area contributed by atoms with E-state index in [9.17, 15) is 4.79 Å². The number of rotatable bonds is 5. The third-order valence-electron chi connectivity index (χ3n) is 3.75.